The number of carbonyl (C=O) groups is 2. The molecule has 104 valence electrons. The molecule has 0 unspecified atom stereocenters. The van der Waals surface area contributed by atoms with Crippen LogP contribution in [0.3, 0.4) is 0 Å². The van der Waals surface area contributed by atoms with Crippen LogP contribution in [0, 0.1) is 0 Å². The summed E-state index contributed by atoms with van der Waals surface area (Å²) in [6.45, 7) is 3.47. The van der Waals surface area contributed by atoms with E-state index in [0.717, 1.165) is 0 Å². The van der Waals surface area contributed by atoms with Crippen molar-refractivity contribution in [3.05, 3.63) is 24.0 Å². The molecule has 0 saturated carbocycles. The molecule has 0 aliphatic carbocycles. The van der Waals surface area contributed by atoms with Crippen LogP contribution < -0.4 is 11.1 Å². The predicted molar refractivity (Wildman–Crippen MR) is 71.4 cm³/mol. The molecule has 0 fully saturated rings. The molecule has 0 aromatic carbocycles. The third-order valence-corrected chi connectivity index (χ3v) is 3.18. The fraction of sp³-hybridized carbons (Fsp3) is 0.462. The first-order valence-electron chi connectivity index (χ1n) is 6.18. The summed E-state index contributed by atoms with van der Waals surface area (Å²) in [5.74, 6) is -1.38. The highest BCUT2D eigenvalue weighted by molar-refractivity contribution is 5.87. The maximum Gasteiger partial charge on any atom is 0.329 e. The Bertz CT molecular complexity index is 453. The number of pyridine rings is 1. The fourth-order valence-electron chi connectivity index (χ4n) is 1.80. The standard InChI is InChI=1S/C13H19N3O3/c1-3-13(4-2,12(18)19)16-11(17)7-10-6-5-9(14)8-15-10/h5-6,8H,3-4,7,14H2,1-2H3,(H,16,17)(H,18,19). The SMILES string of the molecule is CCC(CC)(NC(=O)Cc1ccc(N)cn1)C(=O)O. The molecule has 0 atom stereocenters. The van der Waals surface area contributed by atoms with E-state index in [0.29, 0.717) is 24.2 Å². The van der Waals surface area contributed by atoms with Crippen LogP contribution in [0.2, 0.25) is 0 Å². The summed E-state index contributed by atoms with van der Waals surface area (Å²) in [5, 5.41) is 11.8. The average molecular weight is 265 g/mol. The van der Waals surface area contributed by atoms with Crippen molar-refractivity contribution in [3.8, 4) is 0 Å². The van der Waals surface area contributed by atoms with E-state index >= 15 is 0 Å². The summed E-state index contributed by atoms with van der Waals surface area (Å²) in [4.78, 5) is 27.2. The van der Waals surface area contributed by atoms with Gasteiger partial charge in [-0.3, -0.25) is 9.78 Å². The molecule has 0 saturated heterocycles. The molecule has 19 heavy (non-hydrogen) atoms. The van der Waals surface area contributed by atoms with Gasteiger partial charge in [0.05, 0.1) is 18.3 Å². The summed E-state index contributed by atoms with van der Waals surface area (Å²) in [5.41, 5.74) is 5.37. The number of hydrogen-bond donors (Lipinski definition) is 3. The van der Waals surface area contributed by atoms with E-state index in [2.05, 4.69) is 10.3 Å². The lowest BCUT2D eigenvalue weighted by molar-refractivity contribution is -0.148. The molecular formula is C13H19N3O3. The van der Waals surface area contributed by atoms with Crippen LogP contribution >= 0.6 is 0 Å². The van der Waals surface area contributed by atoms with Crippen molar-refractivity contribution in [2.45, 2.75) is 38.6 Å². The number of nitrogens with one attached hydrogen (secondary N) is 1. The van der Waals surface area contributed by atoms with Gasteiger partial charge in [0.15, 0.2) is 0 Å². The van der Waals surface area contributed by atoms with Crippen molar-refractivity contribution in [2.75, 3.05) is 5.73 Å². The molecule has 0 spiro atoms. The van der Waals surface area contributed by atoms with Gasteiger partial charge in [0.1, 0.15) is 5.54 Å². The first-order chi connectivity index (χ1) is 8.93. The number of nitrogen functional groups attached to an aromatic ring is 1. The zero-order valence-corrected chi connectivity index (χ0v) is 11.1. The Balaban J connectivity index is 2.73. The van der Waals surface area contributed by atoms with Crippen LogP contribution in [0.25, 0.3) is 0 Å². The zero-order chi connectivity index (χ0) is 14.5. The lowest BCUT2D eigenvalue weighted by Crippen LogP contribution is -2.54. The van der Waals surface area contributed by atoms with Crippen LogP contribution in [0.1, 0.15) is 32.4 Å². The van der Waals surface area contributed by atoms with Crippen LogP contribution in [-0.4, -0.2) is 27.5 Å². The van der Waals surface area contributed by atoms with Gasteiger partial charge >= 0.3 is 5.97 Å². The summed E-state index contributed by atoms with van der Waals surface area (Å²) >= 11 is 0. The van der Waals surface area contributed by atoms with E-state index in [9.17, 15) is 14.7 Å². The van der Waals surface area contributed by atoms with Gasteiger partial charge in [0.2, 0.25) is 5.91 Å². The van der Waals surface area contributed by atoms with Gasteiger partial charge in [0.25, 0.3) is 0 Å². The van der Waals surface area contributed by atoms with Crippen LogP contribution in [-0.2, 0) is 16.0 Å². The number of aliphatic carboxylic acids is 1. The number of aromatic nitrogens is 1. The molecule has 0 radical (unpaired) electrons. The average Bonchev–Trinajstić information content (AvgIpc) is 2.38. The normalized spacial score (nSPS) is 11.1. The molecule has 1 rings (SSSR count). The minimum Gasteiger partial charge on any atom is -0.480 e. The summed E-state index contributed by atoms with van der Waals surface area (Å²) in [7, 11) is 0. The number of nitrogens with two attached hydrogens (primary N) is 1. The number of rotatable bonds is 6. The molecule has 6 nitrogen and oxygen atoms in total. The van der Waals surface area contributed by atoms with Crippen molar-refractivity contribution in [1.82, 2.24) is 10.3 Å². The highest BCUT2D eigenvalue weighted by Crippen LogP contribution is 2.15. The number of nitrogens with zero attached hydrogens (tertiary/aromatic N) is 1. The first kappa shape index (κ1) is 14.9. The molecule has 1 aromatic heterocycles. The van der Waals surface area contributed by atoms with Gasteiger partial charge < -0.3 is 16.2 Å². The minimum absolute atomic E-state index is 0.0370. The van der Waals surface area contributed by atoms with Crippen LogP contribution in [0.5, 0.6) is 0 Å². The summed E-state index contributed by atoms with van der Waals surface area (Å²) < 4.78 is 0. The third kappa shape index (κ3) is 3.67. The Morgan fingerprint density at radius 1 is 1.37 bits per heavy atom. The van der Waals surface area contributed by atoms with E-state index in [-0.39, 0.29) is 12.3 Å². The second kappa shape index (κ2) is 6.17. The number of carboxylic acids is 1. The van der Waals surface area contributed by atoms with E-state index in [1.54, 1.807) is 26.0 Å². The van der Waals surface area contributed by atoms with Crippen LogP contribution in [0.15, 0.2) is 18.3 Å². The van der Waals surface area contributed by atoms with Crippen molar-refractivity contribution in [3.63, 3.8) is 0 Å². The maximum atomic E-state index is 11.9. The quantitative estimate of drug-likeness (QED) is 0.710. The zero-order valence-electron chi connectivity index (χ0n) is 11.1. The van der Waals surface area contributed by atoms with E-state index in [1.165, 1.54) is 6.20 Å². The third-order valence-electron chi connectivity index (χ3n) is 3.18. The van der Waals surface area contributed by atoms with E-state index in [1.807, 2.05) is 0 Å². The molecule has 6 heteroatoms. The molecule has 0 aliphatic rings. The van der Waals surface area contributed by atoms with Crippen molar-refractivity contribution < 1.29 is 14.7 Å². The summed E-state index contributed by atoms with van der Waals surface area (Å²) in [6, 6.07) is 3.30. The molecule has 0 aliphatic heterocycles. The molecular weight excluding hydrogens is 246 g/mol. The summed E-state index contributed by atoms with van der Waals surface area (Å²) in [6.07, 6.45) is 2.17. The van der Waals surface area contributed by atoms with E-state index in [4.69, 9.17) is 5.73 Å². The Hall–Kier alpha value is -2.11. The topological polar surface area (TPSA) is 105 Å². The maximum absolute atomic E-state index is 11.9. The second-order valence-electron chi connectivity index (χ2n) is 4.40. The van der Waals surface area contributed by atoms with Gasteiger partial charge in [-0.25, -0.2) is 4.79 Å². The Labute approximate surface area is 112 Å². The van der Waals surface area contributed by atoms with Crippen LogP contribution in [0.4, 0.5) is 5.69 Å². The number of hydrogen-bond acceptors (Lipinski definition) is 4. The Kier molecular flexibility index (Phi) is 4.86. The van der Waals surface area contributed by atoms with Gasteiger partial charge in [-0.2, -0.15) is 0 Å². The lowest BCUT2D eigenvalue weighted by atomic mass is 9.92. The number of amides is 1. The van der Waals surface area contributed by atoms with Crippen molar-refractivity contribution in [1.29, 1.82) is 0 Å². The second-order valence-corrected chi connectivity index (χ2v) is 4.40. The largest absolute Gasteiger partial charge is 0.480 e. The van der Waals surface area contributed by atoms with Gasteiger partial charge in [0, 0.05) is 5.69 Å². The molecule has 1 heterocycles. The first-order valence-corrected chi connectivity index (χ1v) is 6.18. The van der Waals surface area contributed by atoms with Crippen molar-refractivity contribution >= 4 is 17.6 Å². The molecule has 1 amide bonds. The Morgan fingerprint density at radius 3 is 2.42 bits per heavy atom. The number of carbonyl (C=O) groups excluding carboxylic acids is 1. The minimum atomic E-state index is -1.20. The lowest BCUT2D eigenvalue weighted by Gasteiger charge is -2.28. The number of anilines is 1. The monoisotopic (exact) mass is 265 g/mol. The Morgan fingerprint density at radius 2 is 2.00 bits per heavy atom. The van der Waals surface area contributed by atoms with E-state index < -0.39 is 11.5 Å². The highest BCUT2D eigenvalue weighted by Gasteiger charge is 2.36. The molecule has 0 bridgehead atoms. The molecule has 1 aromatic rings. The number of carboxylic acid groups (broad SMARTS) is 1. The van der Waals surface area contributed by atoms with Gasteiger partial charge in [-0.05, 0) is 25.0 Å². The van der Waals surface area contributed by atoms with Crippen molar-refractivity contribution in [2.24, 2.45) is 0 Å². The predicted octanol–water partition coefficient (Wildman–Crippen LogP) is 0.966. The highest BCUT2D eigenvalue weighted by atomic mass is 16.4. The van der Waals surface area contributed by atoms with Gasteiger partial charge in [-0.1, -0.05) is 13.8 Å². The van der Waals surface area contributed by atoms with Gasteiger partial charge in [-0.15, -0.1) is 0 Å². The smallest absolute Gasteiger partial charge is 0.329 e. The fourth-order valence-corrected chi connectivity index (χ4v) is 1.80. The molecule has 4 N–H and O–H groups in total.